The highest BCUT2D eigenvalue weighted by molar-refractivity contribution is 7.58. The predicted molar refractivity (Wildman–Crippen MR) is 126 cm³/mol. The van der Waals surface area contributed by atoms with E-state index in [1.807, 2.05) is 78.6 Å². The van der Waals surface area contributed by atoms with Gasteiger partial charge in [-0.05, 0) is 78.6 Å². The molecule has 0 amide bonds. The summed E-state index contributed by atoms with van der Waals surface area (Å²) in [6.45, 7) is 23.7. The van der Waals surface area contributed by atoms with Crippen LogP contribution in [-0.2, 0) is 26.0 Å². The second-order valence-corrected chi connectivity index (χ2v) is 33.5. The van der Waals surface area contributed by atoms with Gasteiger partial charge in [0.15, 0.2) is 33.3 Å². The molecule has 0 spiro atoms. The normalized spacial score (nSPS) is 15.3. The number of hydrogen-bond donors (Lipinski definition) is 1. The zero-order valence-corrected chi connectivity index (χ0v) is 25.0. The fourth-order valence-corrected chi connectivity index (χ4v) is 18.5. The first-order valence-corrected chi connectivity index (χ1v) is 26.3. The van der Waals surface area contributed by atoms with Crippen molar-refractivity contribution in [3.8, 4) is 0 Å². The van der Waals surface area contributed by atoms with Crippen LogP contribution in [-0.4, -0.2) is 45.8 Å². The Bertz CT molecular complexity index is 488. The van der Waals surface area contributed by atoms with Crippen molar-refractivity contribution in [1.29, 1.82) is 0 Å². The largest absolute Gasteiger partial charge is 0.351 e. The molecule has 1 N–H and O–H groups in total. The highest BCUT2D eigenvalue weighted by Gasteiger charge is 2.39. The maximum absolute atomic E-state index is 13.3. The standard InChI is InChI=1S/C14H41NO6P2Si4/c1-24(2,3)18-22(16,19-25(4,5)6)13-15-14-23(17,20-26(7,8)9)21-27(10,11)12/h15H,13-14H2,1-12H3. The number of hydrogen-bond acceptors (Lipinski definition) is 7. The molecule has 0 aromatic heterocycles. The van der Waals surface area contributed by atoms with Crippen LogP contribution in [0.25, 0.3) is 0 Å². The molecule has 0 aliphatic heterocycles. The molecule has 0 saturated carbocycles. The van der Waals surface area contributed by atoms with Gasteiger partial charge in [0.2, 0.25) is 0 Å². The van der Waals surface area contributed by atoms with E-state index in [1.165, 1.54) is 0 Å². The Kier molecular flexibility index (Phi) is 9.91. The van der Waals surface area contributed by atoms with Crippen LogP contribution >= 0.6 is 15.2 Å². The van der Waals surface area contributed by atoms with Crippen LogP contribution in [0.4, 0.5) is 0 Å². The van der Waals surface area contributed by atoms with Crippen LogP contribution in [0.1, 0.15) is 0 Å². The van der Waals surface area contributed by atoms with Gasteiger partial charge >= 0.3 is 15.2 Å². The van der Waals surface area contributed by atoms with E-state index in [0.717, 1.165) is 0 Å². The van der Waals surface area contributed by atoms with Crippen LogP contribution in [0.2, 0.25) is 78.6 Å². The molecular formula is C14H41NO6P2Si4. The molecule has 0 unspecified atom stereocenters. The van der Waals surface area contributed by atoms with Gasteiger partial charge in [-0.15, -0.1) is 0 Å². The summed E-state index contributed by atoms with van der Waals surface area (Å²) in [4.78, 5) is 0. The summed E-state index contributed by atoms with van der Waals surface area (Å²) in [6, 6.07) is 0. The van der Waals surface area contributed by atoms with Crippen LogP contribution in [0.15, 0.2) is 0 Å². The second kappa shape index (κ2) is 9.51. The van der Waals surface area contributed by atoms with Crippen molar-refractivity contribution in [2.24, 2.45) is 0 Å². The van der Waals surface area contributed by atoms with Crippen molar-refractivity contribution in [3.05, 3.63) is 0 Å². The molecule has 7 nitrogen and oxygen atoms in total. The average molecular weight is 494 g/mol. The monoisotopic (exact) mass is 493 g/mol. The SMILES string of the molecule is C[Si](C)(C)OP(=O)(CNCP(=O)(O[Si](C)(C)C)O[Si](C)(C)C)O[Si](C)(C)C. The van der Waals surface area contributed by atoms with E-state index in [4.69, 9.17) is 16.9 Å². The quantitative estimate of drug-likeness (QED) is 0.253. The van der Waals surface area contributed by atoms with Gasteiger partial charge in [-0.25, -0.2) is 0 Å². The summed E-state index contributed by atoms with van der Waals surface area (Å²) in [5.41, 5.74) is 0. The van der Waals surface area contributed by atoms with Crippen molar-refractivity contribution < 1.29 is 26.0 Å². The average Bonchev–Trinajstić information content (AvgIpc) is 2.14. The van der Waals surface area contributed by atoms with Gasteiger partial charge in [-0.1, -0.05) is 0 Å². The number of rotatable bonds is 12. The van der Waals surface area contributed by atoms with E-state index in [-0.39, 0.29) is 12.6 Å². The molecule has 0 aromatic carbocycles. The van der Waals surface area contributed by atoms with E-state index >= 15 is 0 Å². The lowest BCUT2D eigenvalue weighted by atomic mass is 11.2. The minimum atomic E-state index is -3.35. The molecule has 0 rings (SSSR count). The minimum Gasteiger partial charge on any atom is -0.351 e. The fraction of sp³-hybridized carbons (Fsp3) is 1.00. The van der Waals surface area contributed by atoms with Gasteiger partial charge in [0.25, 0.3) is 0 Å². The minimum absolute atomic E-state index is 0.00432. The molecule has 0 aliphatic carbocycles. The van der Waals surface area contributed by atoms with Crippen LogP contribution in [0.5, 0.6) is 0 Å². The Morgan fingerprint density at radius 1 is 0.519 bits per heavy atom. The molecule has 0 atom stereocenters. The summed E-state index contributed by atoms with van der Waals surface area (Å²) < 4.78 is 50.3. The third kappa shape index (κ3) is 15.6. The zero-order chi connectivity index (χ0) is 21.9. The van der Waals surface area contributed by atoms with Crippen LogP contribution in [0.3, 0.4) is 0 Å². The zero-order valence-electron chi connectivity index (χ0n) is 19.3. The van der Waals surface area contributed by atoms with E-state index in [2.05, 4.69) is 5.32 Å². The molecule has 0 saturated heterocycles. The second-order valence-electron chi connectivity index (χ2n) is 10.6. The van der Waals surface area contributed by atoms with E-state index in [0.29, 0.717) is 0 Å². The van der Waals surface area contributed by atoms with Crippen molar-refractivity contribution in [2.75, 3.05) is 12.6 Å². The Balaban J connectivity index is 5.32. The Morgan fingerprint density at radius 2 is 0.704 bits per heavy atom. The van der Waals surface area contributed by atoms with Crippen molar-refractivity contribution in [3.63, 3.8) is 0 Å². The van der Waals surface area contributed by atoms with E-state index < -0.39 is 48.5 Å². The van der Waals surface area contributed by atoms with Gasteiger partial charge in [-0.2, -0.15) is 0 Å². The van der Waals surface area contributed by atoms with Gasteiger partial charge in [0.05, 0.1) is 12.6 Å². The summed E-state index contributed by atoms with van der Waals surface area (Å²) in [5.74, 6) is 0. The third-order valence-electron chi connectivity index (χ3n) is 2.26. The Hall–Kier alpha value is 1.13. The Morgan fingerprint density at radius 3 is 0.852 bits per heavy atom. The van der Waals surface area contributed by atoms with E-state index in [9.17, 15) is 9.13 Å². The van der Waals surface area contributed by atoms with Gasteiger partial charge in [-0.3, -0.25) is 14.4 Å². The summed E-state index contributed by atoms with van der Waals surface area (Å²) >= 11 is 0. The molecular weight excluding hydrogens is 452 g/mol. The van der Waals surface area contributed by atoms with Crippen molar-refractivity contribution >= 4 is 48.5 Å². The number of nitrogens with one attached hydrogen (secondary N) is 1. The van der Waals surface area contributed by atoms with Crippen molar-refractivity contribution in [2.45, 2.75) is 78.6 Å². The first kappa shape index (κ1) is 28.1. The topological polar surface area (TPSA) is 83.1 Å². The first-order chi connectivity index (χ1) is 11.5. The summed E-state index contributed by atoms with van der Waals surface area (Å²) in [6.07, 6.45) is -0.00864. The molecule has 0 radical (unpaired) electrons. The fourth-order valence-electron chi connectivity index (χ4n) is 2.16. The molecule has 0 bridgehead atoms. The van der Waals surface area contributed by atoms with Gasteiger partial charge in [0, 0.05) is 0 Å². The smallest absolute Gasteiger partial charge is 0.325 e. The lowest BCUT2D eigenvalue weighted by Gasteiger charge is -2.33. The summed E-state index contributed by atoms with van der Waals surface area (Å²) in [5, 5.41) is 3.02. The summed E-state index contributed by atoms with van der Waals surface area (Å²) in [7, 11) is -15.0. The predicted octanol–water partition coefficient (Wildman–Crippen LogP) is 6.28. The van der Waals surface area contributed by atoms with E-state index in [1.54, 1.807) is 0 Å². The molecule has 13 heteroatoms. The molecule has 27 heavy (non-hydrogen) atoms. The molecule has 0 fully saturated rings. The molecule has 0 aliphatic rings. The highest BCUT2D eigenvalue weighted by atomic mass is 31.2. The third-order valence-corrected chi connectivity index (χ3v) is 16.7. The molecule has 164 valence electrons. The lowest BCUT2D eigenvalue weighted by molar-refractivity contribution is 0.371. The maximum atomic E-state index is 13.3. The van der Waals surface area contributed by atoms with Gasteiger partial charge < -0.3 is 16.9 Å². The molecule has 0 heterocycles. The van der Waals surface area contributed by atoms with Crippen LogP contribution < -0.4 is 5.32 Å². The Labute approximate surface area is 170 Å². The van der Waals surface area contributed by atoms with Crippen LogP contribution in [0, 0.1) is 0 Å². The highest BCUT2D eigenvalue weighted by Crippen LogP contribution is 2.55. The first-order valence-electron chi connectivity index (χ1n) is 9.25. The molecule has 0 aromatic rings. The van der Waals surface area contributed by atoms with Gasteiger partial charge in [0.1, 0.15) is 0 Å². The lowest BCUT2D eigenvalue weighted by Crippen LogP contribution is -2.35. The maximum Gasteiger partial charge on any atom is 0.325 e. The van der Waals surface area contributed by atoms with Crippen molar-refractivity contribution in [1.82, 2.24) is 5.32 Å².